The van der Waals surface area contributed by atoms with E-state index in [0.29, 0.717) is 5.02 Å². The second-order valence-corrected chi connectivity index (χ2v) is 5.58. The molecule has 0 radical (unpaired) electrons. The standard InChI is InChI=1S/C17H13ClN4/c1-22-17(6-8-20-22)16-10-11(18)9-15(21-16)12-3-2-4-14-13(12)5-7-19-14/h2-10,19H,1H3. The lowest BCUT2D eigenvalue weighted by molar-refractivity contribution is 0.773. The van der Waals surface area contributed by atoms with Crippen LogP contribution in [0.15, 0.2) is 54.9 Å². The molecule has 4 aromatic rings. The largest absolute Gasteiger partial charge is 0.361 e. The fourth-order valence-electron chi connectivity index (χ4n) is 2.70. The van der Waals surface area contributed by atoms with E-state index < -0.39 is 0 Å². The van der Waals surface area contributed by atoms with E-state index in [9.17, 15) is 0 Å². The van der Waals surface area contributed by atoms with Gasteiger partial charge < -0.3 is 4.98 Å². The van der Waals surface area contributed by atoms with E-state index in [4.69, 9.17) is 16.6 Å². The van der Waals surface area contributed by atoms with Gasteiger partial charge >= 0.3 is 0 Å². The van der Waals surface area contributed by atoms with Gasteiger partial charge in [0.15, 0.2) is 0 Å². The predicted molar refractivity (Wildman–Crippen MR) is 88.7 cm³/mol. The molecule has 0 aliphatic heterocycles. The molecule has 0 unspecified atom stereocenters. The summed E-state index contributed by atoms with van der Waals surface area (Å²) in [6, 6.07) is 13.9. The first kappa shape index (κ1) is 13.1. The number of halogens is 1. The molecule has 0 bridgehead atoms. The van der Waals surface area contributed by atoms with E-state index in [0.717, 1.165) is 33.5 Å². The minimum atomic E-state index is 0.661. The number of hydrogen-bond acceptors (Lipinski definition) is 2. The maximum absolute atomic E-state index is 6.32. The number of H-pyrrole nitrogens is 1. The summed E-state index contributed by atoms with van der Waals surface area (Å²) in [6.45, 7) is 0. The Bertz CT molecular complexity index is 968. The Labute approximate surface area is 132 Å². The van der Waals surface area contributed by atoms with Crippen molar-refractivity contribution in [1.82, 2.24) is 19.7 Å². The fourth-order valence-corrected chi connectivity index (χ4v) is 2.91. The van der Waals surface area contributed by atoms with E-state index in [1.165, 1.54) is 0 Å². The smallest absolute Gasteiger partial charge is 0.0905 e. The molecule has 0 fully saturated rings. The molecule has 22 heavy (non-hydrogen) atoms. The molecule has 5 heteroatoms. The van der Waals surface area contributed by atoms with Gasteiger partial charge in [-0.05, 0) is 30.3 Å². The molecule has 4 rings (SSSR count). The lowest BCUT2D eigenvalue weighted by Gasteiger charge is -2.08. The van der Waals surface area contributed by atoms with Crippen molar-refractivity contribution >= 4 is 22.5 Å². The van der Waals surface area contributed by atoms with Crippen LogP contribution in [0.5, 0.6) is 0 Å². The van der Waals surface area contributed by atoms with Gasteiger partial charge in [-0.2, -0.15) is 5.10 Å². The van der Waals surface area contributed by atoms with Crippen LogP contribution in [0.25, 0.3) is 33.5 Å². The molecule has 0 aliphatic rings. The zero-order chi connectivity index (χ0) is 15.1. The van der Waals surface area contributed by atoms with Crippen molar-refractivity contribution in [2.24, 2.45) is 7.05 Å². The summed E-state index contributed by atoms with van der Waals surface area (Å²) in [7, 11) is 1.89. The Balaban J connectivity index is 1.95. The summed E-state index contributed by atoms with van der Waals surface area (Å²) < 4.78 is 1.79. The van der Waals surface area contributed by atoms with Gasteiger partial charge in [0.1, 0.15) is 0 Å². The number of rotatable bonds is 2. The van der Waals surface area contributed by atoms with Crippen LogP contribution in [-0.2, 0) is 7.05 Å². The molecule has 4 nitrogen and oxygen atoms in total. The predicted octanol–water partition coefficient (Wildman–Crippen LogP) is 4.28. The van der Waals surface area contributed by atoms with Crippen molar-refractivity contribution in [3.8, 4) is 22.6 Å². The molecular formula is C17H13ClN4. The second kappa shape index (κ2) is 5.00. The molecule has 0 atom stereocenters. The monoisotopic (exact) mass is 308 g/mol. The number of pyridine rings is 1. The molecule has 3 heterocycles. The minimum Gasteiger partial charge on any atom is -0.361 e. The number of aryl methyl sites for hydroxylation is 1. The number of hydrogen-bond donors (Lipinski definition) is 1. The summed E-state index contributed by atoms with van der Waals surface area (Å²) in [6.07, 6.45) is 3.69. The van der Waals surface area contributed by atoms with E-state index in [1.807, 2.05) is 43.6 Å². The first-order valence-electron chi connectivity index (χ1n) is 6.95. The Morgan fingerprint density at radius 3 is 2.77 bits per heavy atom. The summed E-state index contributed by atoms with van der Waals surface area (Å²) in [4.78, 5) is 8.00. The van der Waals surface area contributed by atoms with Crippen LogP contribution in [0, 0.1) is 0 Å². The zero-order valence-corrected chi connectivity index (χ0v) is 12.7. The first-order valence-corrected chi connectivity index (χ1v) is 7.32. The summed E-state index contributed by atoms with van der Waals surface area (Å²) in [5.74, 6) is 0. The number of nitrogens with zero attached hydrogens (tertiary/aromatic N) is 3. The Morgan fingerprint density at radius 1 is 1.09 bits per heavy atom. The molecule has 3 aromatic heterocycles. The van der Waals surface area contributed by atoms with E-state index in [1.54, 1.807) is 10.9 Å². The lowest BCUT2D eigenvalue weighted by atomic mass is 10.1. The topological polar surface area (TPSA) is 46.5 Å². The van der Waals surface area contributed by atoms with Crippen LogP contribution >= 0.6 is 11.6 Å². The average molecular weight is 309 g/mol. The molecule has 0 spiro atoms. The van der Waals surface area contributed by atoms with Crippen LogP contribution in [-0.4, -0.2) is 19.7 Å². The maximum atomic E-state index is 6.32. The summed E-state index contributed by atoms with van der Waals surface area (Å²) in [5.41, 5.74) is 4.75. The minimum absolute atomic E-state index is 0.661. The normalized spacial score (nSPS) is 11.2. The van der Waals surface area contributed by atoms with Crippen LogP contribution in [0.4, 0.5) is 0 Å². The third-order valence-corrected chi connectivity index (χ3v) is 3.96. The number of benzene rings is 1. The van der Waals surface area contributed by atoms with Gasteiger partial charge in [-0.15, -0.1) is 0 Å². The molecule has 0 amide bonds. The van der Waals surface area contributed by atoms with E-state index in [2.05, 4.69) is 22.2 Å². The fraction of sp³-hybridized carbons (Fsp3) is 0.0588. The van der Waals surface area contributed by atoms with Crippen molar-refractivity contribution in [1.29, 1.82) is 0 Å². The summed E-state index contributed by atoms with van der Waals surface area (Å²) in [5, 5.41) is 5.99. The molecule has 1 N–H and O–H groups in total. The van der Waals surface area contributed by atoms with Gasteiger partial charge in [-0.3, -0.25) is 4.68 Å². The van der Waals surface area contributed by atoms with Crippen LogP contribution < -0.4 is 0 Å². The molecule has 1 aromatic carbocycles. The highest BCUT2D eigenvalue weighted by Gasteiger charge is 2.11. The van der Waals surface area contributed by atoms with Crippen LogP contribution in [0.1, 0.15) is 0 Å². The Morgan fingerprint density at radius 2 is 1.95 bits per heavy atom. The number of aromatic amines is 1. The van der Waals surface area contributed by atoms with E-state index >= 15 is 0 Å². The molecule has 0 saturated heterocycles. The third-order valence-electron chi connectivity index (χ3n) is 3.74. The van der Waals surface area contributed by atoms with Gasteiger partial charge in [0.25, 0.3) is 0 Å². The Kier molecular flexibility index (Phi) is 2.98. The van der Waals surface area contributed by atoms with E-state index in [-0.39, 0.29) is 0 Å². The van der Waals surface area contributed by atoms with Crippen molar-refractivity contribution in [3.63, 3.8) is 0 Å². The summed E-state index contributed by atoms with van der Waals surface area (Å²) >= 11 is 6.32. The number of nitrogens with one attached hydrogen (secondary N) is 1. The van der Waals surface area contributed by atoms with Gasteiger partial charge in [0.2, 0.25) is 0 Å². The van der Waals surface area contributed by atoms with Crippen molar-refractivity contribution < 1.29 is 0 Å². The highest BCUT2D eigenvalue weighted by molar-refractivity contribution is 6.31. The molecule has 108 valence electrons. The third kappa shape index (κ3) is 2.09. The molecule has 0 aliphatic carbocycles. The van der Waals surface area contributed by atoms with Gasteiger partial charge in [-0.1, -0.05) is 23.7 Å². The molecule has 0 saturated carbocycles. The maximum Gasteiger partial charge on any atom is 0.0905 e. The lowest BCUT2D eigenvalue weighted by Crippen LogP contribution is -1.96. The highest BCUT2D eigenvalue weighted by atomic mass is 35.5. The van der Waals surface area contributed by atoms with Crippen LogP contribution in [0.2, 0.25) is 5.02 Å². The quantitative estimate of drug-likeness (QED) is 0.600. The first-order chi connectivity index (χ1) is 10.7. The number of fused-ring (bicyclic) bond motifs is 1. The van der Waals surface area contributed by atoms with Crippen molar-refractivity contribution in [2.45, 2.75) is 0 Å². The highest BCUT2D eigenvalue weighted by Crippen LogP contribution is 2.31. The zero-order valence-electron chi connectivity index (χ0n) is 11.9. The van der Waals surface area contributed by atoms with Gasteiger partial charge in [-0.25, -0.2) is 4.98 Å². The van der Waals surface area contributed by atoms with Crippen LogP contribution in [0.3, 0.4) is 0 Å². The Hall–Kier alpha value is -2.59. The van der Waals surface area contributed by atoms with Gasteiger partial charge in [0.05, 0.1) is 17.1 Å². The van der Waals surface area contributed by atoms with Crippen molar-refractivity contribution in [3.05, 3.63) is 59.9 Å². The average Bonchev–Trinajstić information content (AvgIpc) is 3.14. The molecular weight excluding hydrogens is 296 g/mol. The SMILES string of the molecule is Cn1nccc1-c1cc(Cl)cc(-c2cccc3[nH]ccc23)n1. The second-order valence-electron chi connectivity index (χ2n) is 5.14. The number of aromatic nitrogens is 4. The van der Waals surface area contributed by atoms with Gasteiger partial charge in [0, 0.05) is 40.9 Å². The van der Waals surface area contributed by atoms with Crippen molar-refractivity contribution in [2.75, 3.05) is 0 Å².